The molecule has 0 heterocycles. The molecule has 0 saturated heterocycles. The lowest BCUT2D eigenvalue weighted by atomic mass is 10.2. The van der Waals surface area contributed by atoms with E-state index in [0.717, 1.165) is 12.8 Å². The van der Waals surface area contributed by atoms with Crippen LogP contribution in [0.3, 0.4) is 0 Å². The Bertz CT molecular complexity index is 808. The molecule has 0 fully saturated rings. The van der Waals surface area contributed by atoms with Gasteiger partial charge < -0.3 is 25.4 Å². The molecule has 3 N–H and O–H groups in total. The Hall–Kier alpha value is -3.22. The summed E-state index contributed by atoms with van der Waals surface area (Å²) in [5.74, 6) is 0.877. The van der Waals surface area contributed by atoms with E-state index < -0.39 is 0 Å². The molecule has 0 aliphatic carbocycles. The first-order chi connectivity index (χ1) is 13.6. The molecule has 2 rings (SSSR count). The summed E-state index contributed by atoms with van der Waals surface area (Å²) >= 11 is 0. The molecule has 0 saturated carbocycles. The Morgan fingerprint density at radius 2 is 1.86 bits per heavy atom. The second-order valence-corrected chi connectivity index (χ2v) is 6.16. The Morgan fingerprint density at radius 3 is 2.57 bits per heavy atom. The van der Waals surface area contributed by atoms with Gasteiger partial charge in [-0.1, -0.05) is 19.4 Å². The number of methoxy groups -OCH3 is 2. The van der Waals surface area contributed by atoms with Gasteiger partial charge in [-0.3, -0.25) is 9.59 Å². The fourth-order valence-electron chi connectivity index (χ4n) is 2.55. The number of carbonyl (C=O) groups is 2. The number of amides is 2. The largest absolute Gasteiger partial charge is 0.497 e. The van der Waals surface area contributed by atoms with E-state index >= 15 is 0 Å². The minimum absolute atomic E-state index is 0.0381. The number of ether oxygens (including phenoxy) is 2. The van der Waals surface area contributed by atoms with Crippen LogP contribution in [0, 0.1) is 0 Å². The van der Waals surface area contributed by atoms with E-state index in [0.29, 0.717) is 35.0 Å². The van der Waals surface area contributed by atoms with Gasteiger partial charge in [0, 0.05) is 23.9 Å². The predicted molar refractivity (Wildman–Crippen MR) is 110 cm³/mol. The molecule has 2 amide bonds. The highest BCUT2D eigenvalue weighted by atomic mass is 16.5. The second kappa shape index (κ2) is 10.8. The molecule has 7 heteroatoms. The first-order valence-corrected chi connectivity index (χ1v) is 9.21. The number of rotatable bonds is 10. The lowest BCUT2D eigenvalue weighted by Crippen LogP contribution is -2.25. The summed E-state index contributed by atoms with van der Waals surface area (Å²) in [7, 11) is 3.13. The highest BCUT2D eigenvalue weighted by Gasteiger charge is 2.09. The number of hydrogen-bond acceptors (Lipinski definition) is 5. The first kappa shape index (κ1) is 21.1. The fourth-order valence-corrected chi connectivity index (χ4v) is 2.55. The number of anilines is 2. The van der Waals surface area contributed by atoms with Gasteiger partial charge >= 0.3 is 0 Å². The zero-order chi connectivity index (χ0) is 20.4. The molecule has 0 unspecified atom stereocenters. The van der Waals surface area contributed by atoms with Crippen molar-refractivity contribution in [3.05, 3.63) is 48.0 Å². The minimum atomic E-state index is -0.242. The van der Waals surface area contributed by atoms with Crippen molar-refractivity contribution in [1.82, 2.24) is 5.32 Å². The molecule has 28 heavy (non-hydrogen) atoms. The molecule has 0 bridgehead atoms. The van der Waals surface area contributed by atoms with Crippen LogP contribution < -0.4 is 25.4 Å². The van der Waals surface area contributed by atoms with E-state index in [9.17, 15) is 9.59 Å². The molecule has 0 atom stereocenters. The molecule has 2 aromatic rings. The smallest absolute Gasteiger partial charge is 0.251 e. The SMILES string of the molecule is CCCCNC(=O)c1cccc(NC(=O)CNc2cc(OC)ccc2OC)c1. The summed E-state index contributed by atoms with van der Waals surface area (Å²) in [6.07, 6.45) is 1.95. The van der Waals surface area contributed by atoms with Gasteiger partial charge in [-0.15, -0.1) is 0 Å². The van der Waals surface area contributed by atoms with Crippen molar-refractivity contribution < 1.29 is 19.1 Å². The summed E-state index contributed by atoms with van der Waals surface area (Å²) in [4.78, 5) is 24.4. The molecule has 0 aliphatic rings. The van der Waals surface area contributed by atoms with Gasteiger partial charge in [-0.05, 0) is 36.8 Å². The zero-order valence-corrected chi connectivity index (χ0v) is 16.5. The van der Waals surface area contributed by atoms with Crippen molar-refractivity contribution in [2.45, 2.75) is 19.8 Å². The quantitative estimate of drug-likeness (QED) is 0.546. The van der Waals surface area contributed by atoms with E-state index in [1.807, 2.05) is 0 Å². The Balaban J connectivity index is 1.95. The second-order valence-electron chi connectivity index (χ2n) is 6.16. The van der Waals surface area contributed by atoms with Gasteiger partial charge in [0.25, 0.3) is 5.91 Å². The average molecular weight is 385 g/mol. The van der Waals surface area contributed by atoms with E-state index in [2.05, 4.69) is 22.9 Å². The van der Waals surface area contributed by atoms with Crippen molar-refractivity contribution in [2.24, 2.45) is 0 Å². The molecule has 0 aromatic heterocycles. The Labute approximate surface area is 165 Å². The summed E-state index contributed by atoms with van der Waals surface area (Å²) < 4.78 is 10.5. The monoisotopic (exact) mass is 385 g/mol. The third-order valence-electron chi connectivity index (χ3n) is 4.07. The lowest BCUT2D eigenvalue weighted by molar-refractivity contribution is -0.114. The molecule has 2 aromatic carbocycles. The maximum absolute atomic E-state index is 12.3. The minimum Gasteiger partial charge on any atom is -0.497 e. The van der Waals surface area contributed by atoms with Crippen LogP contribution in [0.15, 0.2) is 42.5 Å². The number of hydrogen-bond donors (Lipinski definition) is 3. The van der Waals surface area contributed by atoms with Gasteiger partial charge in [-0.25, -0.2) is 0 Å². The van der Waals surface area contributed by atoms with Crippen LogP contribution in [0.5, 0.6) is 11.5 Å². The van der Waals surface area contributed by atoms with Crippen LogP contribution in [0.4, 0.5) is 11.4 Å². The standard InChI is InChI=1S/C21H27N3O4/c1-4-5-11-22-21(26)15-7-6-8-16(12-15)24-20(25)14-23-18-13-17(27-2)9-10-19(18)28-3/h6-10,12-13,23H,4-5,11,14H2,1-3H3,(H,22,26)(H,24,25). The molecule has 7 nitrogen and oxygen atoms in total. The first-order valence-electron chi connectivity index (χ1n) is 9.21. The highest BCUT2D eigenvalue weighted by molar-refractivity contribution is 5.98. The van der Waals surface area contributed by atoms with E-state index in [-0.39, 0.29) is 18.4 Å². The van der Waals surface area contributed by atoms with Gasteiger partial charge in [0.05, 0.1) is 26.5 Å². The number of unbranched alkanes of at least 4 members (excludes halogenated alkanes) is 1. The third kappa shape index (κ3) is 6.19. The summed E-state index contributed by atoms with van der Waals surface area (Å²) in [6.45, 7) is 2.74. The van der Waals surface area contributed by atoms with Gasteiger partial charge in [0.2, 0.25) is 5.91 Å². The van der Waals surface area contributed by atoms with Crippen LogP contribution >= 0.6 is 0 Å². The van der Waals surface area contributed by atoms with Gasteiger partial charge in [0.15, 0.2) is 0 Å². The maximum Gasteiger partial charge on any atom is 0.251 e. The Kier molecular flexibility index (Phi) is 8.14. The van der Waals surface area contributed by atoms with E-state index in [1.165, 1.54) is 0 Å². The molecule has 0 radical (unpaired) electrons. The topological polar surface area (TPSA) is 88.7 Å². The summed E-state index contributed by atoms with van der Waals surface area (Å²) in [5, 5.41) is 8.68. The van der Waals surface area contributed by atoms with Crippen molar-refractivity contribution in [1.29, 1.82) is 0 Å². The van der Waals surface area contributed by atoms with Crippen molar-refractivity contribution >= 4 is 23.2 Å². The maximum atomic E-state index is 12.3. The van der Waals surface area contributed by atoms with Crippen molar-refractivity contribution in [2.75, 3.05) is 37.9 Å². The third-order valence-corrected chi connectivity index (χ3v) is 4.07. The zero-order valence-electron chi connectivity index (χ0n) is 16.5. The van der Waals surface area contributed by atoms with Crippen LogP contribution in [-0.2, 0) is 4.79 Å². The Morgan fingerprint density at radius 1 is 1.04 bits per heavy atom. The summed E-state index contributed by atoms with van der Waals surface area (Å²) in [6, 6.07) is 12.2. The van der Waals surface area contributed by atoms with Gasteiger partial charge in [-0.2, -0.15) is 0 Å². The van der Waals surface area contributed by atoms with Crippen LogP contribution in [0.1, 0.15) is 30.1 Å². The molecule has 150 valence electrons. The average Bonchev–Trinajstić information content (AvgIpc) is 2.72. The van der Waals surface area contributed by atoms with E-state index in [1.54, 1.807) is 56.7 Å². The summed E-state index contributed by atoms with van der Waals surface area (Å²) in [5.41, 5.74) is 1.73. The normalized spacial score (nSPS) is 10.1. The van der Waals surface area contributed by atoms with Crippen LogP contribution in [-0.4, -0.2) is 39.1 Å². The van der Waals surface area contributed by atoms with Crippen LogP contribution in [0.2, 0.25) is 0 Å². The van der Waals surface area contributed by atoms with Crippen LogP contribution in [0.25, 0.3) is 0 Å². The van der Waals surface area contributed by atoms with Crippen molar-refractivity contribution in [3.8, 4) is 11.5 Å². The molecule has 0 spiro atoms. The number of nitrogens with one attached hydrogen (secondary N) is 3. The predicted octanol–water partition coefficient (Wildman–Crippen LogP) is 3.28. The molecular weight excluding hydrogens is 358 g/mol. The highest BCUT2D eigenvalue weighted by Crippen LogP contribution is 2.28. The number of benzene rings is 2. The molecular formula is C21H27N3O4. The van der Waals surface area contributed by atoms with Crippen molar-refractivity contribution in [3.63, 3.8) is 0 Å². The molecule has 0 aliphatic heterocycles. The fraction of sp³-hybridized carbons (Fsp3) is 0.333. The van der Waals surface area contributed by atoms with E-state index in [4.69, 9.17) is 9.47 Å². The van der Waals surface area contributed by atoms with Gasteiger partial charge in [0.1, 0.15) is 11.5 Å². The number of carbonyl (C=O) groups excluding carboxylic acids is 2. The lowest BCUT2D eigenvalue weighted by Gasteiger charge is -2.13.